The number of nitrogens with two attached hydrogens (primary N) is 1. The van der Waals surface area contributed by atoms with Crippen LogP contribution in [0.1, 0.15) is 21.7 Å². The van der Waals surface area contributed by atoms with Gasteiger partial charge in [0, 0.05) is 28.8 Å². The van der Waals surface area contributed by atoms with Crippen molar-refractivity contribution in [3.63, 3.8) is 0 Å². The summed E-state index contributed by atoms with van der Waals surface area (Å²) in [4.78, 5) is 17.4. The zero-order valence-corrected chi connectivity index (χ0v) is 18.1. The van der Waals surface area contributed by atoms with E-state index in [0.717, 1.165) is 27.7 Å². The molecule has 0 spiro atoms. The molecule has 2 N–H and O–H groups in total. The molecule has 7 nitrogen and oxygen atoms in total. The highest BCUT2D eigenvalue weighted by atomic mass is 32.2. The number of carbonyl (C=O) groups is 1. The van der Waals surface area contributed by atoms with Crippen LogP contribution in [0, 0.1) is 13.8 Å². The van der Waals surface area contributed by atoms with E-state index in [1.54, 1.807) is 18.3 Å². The van der Waals surface area contributed by atoms with Gasteiger partial charge in [0.15, 0.2) is 10.9 Å². The van der Waals surface area contributed by atoms with Crippen LogP contribution in [0.4, 0.5) is 0 Å². The number of pyridine rings is 1. The van der Waals surface area contributed by atoms with E-state index >= 15 is 0 Å². The van der Waals surface area contributed by atoms with E-state index < -0.39 is 10.0 Å². The molecule has 0 unspecified atom stereocenters. The predicted octanol–water partition coefficient (Wildman–Crippen LogP) is 3.36. The van der Waals surface area contributed by atoms with Gasteiger partial charge < -0.3 is 4.57 Å². The quantitative estimate of drug-likeness (QED) is 0.366. The summed E-state index contributed by atoms with van der Waals surface area (Å²) < 4.78 is 26.8. The van der Waals surface area contributed by atoms with Crippen LogP contribution in [-0.4, -0.2) is 33.9 Å². The van der Waals surface area contributed by atoms with Gasteiger partial charge in [0.1, 0.15) is 0 Å². The Morgan fingerprint density at radius 2 is 1.87 bits per heavy atom. The standard InChI is InChI=1S/C21H20N4O3S2/c1-14-11-19(15(2)25(14)16-6-8-18(9-7-16)30(22,27)28)20(26)13-29-21-23-12-17-5-3-4-10-24(17)21/h3-12H,13H2,1-2H3,(H2,22,27,28). The van der Waals surface area contributed by atoms with Crippen molar-refractivity contribution in [2.75, 3.05) is 5.75 Å². The van der Waals surface area contributed by atoms with Gasteiger partial charge in [0.05, 0.1) is 22.4 Å². The number of ketones is 1. The third-order valence-electron chi connectivity index (χ3n) is 4.89. The van der Waals surface area contributed by atoms with Gasteiger partial charge in [-0.2, -0.15) is 0 Å². The molecule has 0 aliphatic heterocycles. The fourth-order valence-electron chi connectivity index (χ4n) is 3.46. The Kier molecular flexibility index (Phi) is 5.27. The average molecular weight is 441 g/mol. The number of imidazole rings is 1. The van der Waals surface area contributed by atoms with Gasteiger partial charge in [-0.25, -0.2) is 18.5 Å². The molecule has 0 radical (unpaired) electrons. The van der Waals surface area contributed by atoms with Gasteiger partial charge >= 0.3 is 0 Å². The molecule has 1 aromatic carbocycles. The predicted molar refractivity (Wildman–Crippen MR) is 117 cm³/mol. The van der Waals surface area contributed by atoms with Crippen LogP contribution < -0.4 is 5.14 Å². The second kappa shape index (κ2) is 7.75. The van der Waals surface area contributed by atoms with Crippen LogP contribution in [-0.2, 0) is 10.0 Å². The Hall–Kier alpha value is -2.88. The molecule has 0 saturated carbocycles. The van der Waals surface area contributed by atoms with Gasteiger partial charge in [-0.05, 0) is 56.3 Å². The van der Waals surface area contributed by atoms with Gasteiger partial charge in [0.2, 0.25) is 10.0 Å². The van der Waals surface area contributed by atoms with Crippen molar-refractivity contribution >= 4 is 33.1 Å². The van der Waals surface area contributed by atoms with Crippen LogP contribution in [0.25, 0.3) is 11.2 Å². The van der Waals surface area contributed by atoms with E-state index in [1.807, 2.05) is 53.3 Å². The van der Waals surface area contributed by atoms with Crippen LogP contribution in [0.5, 0.6) is 0 Å². The first-order valence-corrected chi connectivity index (χ1v) is 11.7. The molecule has 0 fully saturated rings. The van der Waals surface area contributed by atoms with Crippen molar-refractivity contribution in [3.8, 4) is 5.69 Å². The number of primary sulfonamides is 1. The smallest absolute Gasteiger partial charge is 0.238 e. The lowest BCUT2D eigenvalue weighted by Gasteiger charge is -2.10. The molecule has 9 heteroatoms. The Labute approximate surface area is 178 Å². The number of rotatable bonds is 6. The van der Waals surface area contributed by atoms with Gasteiger partial charge in [0.25, 0.3) is 0 Å². The number of carbonyl (C=O) groups excluding carboxylic acids is 1. The Morgan fingerprint density at radius 1 is 1.13 bits per heavy atom. The second-order valence-corrected chi connectivity index (χ2v) is 9.41. The molecule has 0 atom stereocenters. The number of aryl methyl sites for hydroxylation is 1. The van der Waals surface area contributed by atoms with Crippen LogP contribution in [0.3, 0.4) is 0 Å². The zero-order chi connectivity index (χ0) is 21.5. The van der Waals surface area contributed by atoms with E-state index in [-0.39, 0.29) is 16.4 Å². The molecule has 4 aromatic rings. The summed E-state index contributed by atoms with van der Waals surface area (Å²) in [5.74, 6) is 0.274. The molecular weight excluding hydrogens is 420 g/mol. The molecular formula is C21H20N4O3S2. The number of aromatic nitrogens is 3. The summed E-state index contributed by atoms with van der Waals surface area (Å²) in [6.45, 7) is 3.79. The maximum Gasteiger partial charge on any atom is 0.238 e. The monoisotopic (exact) mass is 440 g/mol. The largest absolute Gasteiger partial charge is 0.318 e. The summed E-state index contributed by atoms with van der Waals surface area (Å²) in [5.41, 5.74) is 4.07. The fraction of sp³-hybridized carbons (Fsp3) is 0.143. The van der Waals surface area contributed by atoms with Crippen molar-refractivity contribution < 1.29 is 13.2 Å². The average Bonchev–Trinajstić information content (AvgIpc) is 3.26. The zero-order valence-electron chi connectivity index (χ0n) is 16.4. The van der Waals surface area contributed by atoms with Crippen LogP contribution >= 0.6 is 11.8 Å². The summed E-state index contributed by atoms with van der Waals surface area (Å²) in [6.07, 6.45) is 3.70. The summed E-state index contributed by atoms with van der Waals surface area (Å²) in [7, 11) is -3.75. The third kappa shape index (κ3) is 3.79. The summed E-state index contributed by atoms with van der Waals surface area (Å²) in [6, 6.07) is 14.0. The van der Waals surface area contributed by atoms with Gasteiger partial charge in [-0.1, -0.05) is 17.8 Å². The molecule has 0 bridgehead atoms. The minimum Gasteiger partial charge on any atom is -0.318 e. The molecule has 3 heterocycles. The lowest BCUT2D eigenvalue weighted by Crippen LogP contribution is -2.12. The molecule has 154 valence electrons. The lowest BCUT2D eigenvalue weighted by molar-refractivity contribution is 0.102. The topological polar surface area (TPSA) is 99.5 Å². The second-order valence-electron chi connectivity index (χ2n) is 6.91. The molecule has 0 amide bonds. The SMILES string of the molecule is Cc1cc(C(=O)CSc2ncc3ccccn23)c(C)n1-c1ccc(S(N)(=O)=O)cc1. The summed E-state index contributed by atoms with van der Waals surface area (Å²) in [5, 5.41) is 5.94. The van der Waals surface area contributed by atoms with E-state index in [0.29, 0.717) is 5.56 Å². The minimum atomic E-state index is -3.75. The lowest BCUT2D eigenvalue weighted by atomic mass is 10.2. The Morgan fingerprint density at radius 3 is 2.57 bits per heavy atom. The van der Waals surface area contributed by atoms with Gasteiger partial charge in [-0.15, -0.1) is 0 Å². The van der Waals surface area contributed by atoms with Crippen LogP contribution in [0.2, 0.25) is 0 Å². The van der Waals surface area contributed by atoms with Crippen molar-refractivity contribution in [1.29, 1.82) is 0 Å². The number of fused-ring (bicyclic) bond motifs is 1. The van der Waals surface area contributed by atoms with Gasteiger partial charge in [-0.3, -0.25) is 9.20 Å². The highest BCUT2D eigenvalue weighted by Gasteiger charge is 2.18. The van der Waals surface area contributed by atoms with Crippen molar-refractivity contribution in [3.05, 3.63) is 77.9 Å². The van der Waals surface area contributed by atoms with E-state index in [2.05, 4.69) is 4.98 Å². The number of sulfonamides is 1. The molecule has 0 saturated heterocycles. The van der Waals surface area contributed by atoms with E-state index in [9.17, 15) is 13.2 Å². The third-order valence-corrected chi connectivity index (χ3v) is 6.79. The maximum atomic E-state index is 12.9. The number of hydrogen-bond donors (Lipinski definition) is 1. The number of benzene rings is 1. The Balaban J connectivity index is 1.57. The highest BCUT2D eigenvalue weighted by Crippen LogP contribution is 2.25. The molecule has 0 aliphatic carbocycles. The van der Waals surface area contributed by atoms with E-state index in [4.69, 9.17) is 5.14 Å². The first kappa shape index (κ1) is 20.4. The number of thioether (sulfide) groups is 1. The minimum absolute atomic E-state index is 0.00758. The fourth-order valence-corrected chi connectivity index (χ4v) is 4.82. The normalized spacial score (nSPS) is 11.8. The number of nitrogens with zero attached hydrogens (tertiary/aromatic N) is 3. The van der Waals surface area contributed by atoms with Crippen molar-refractivity contribution in [1.82, 2.24) is 14.0 Å². The van der Waals surface area contributed by atoms with Crippen molar-refractivity contribution in [2.24, 2.45) is 5.14 Å². The Bertz CT molecular complexity index is 1350. The molecule has 0 aliphatic rings. The van der Waals surface area contributed by atoms with E-state index in [1.165, 1.54) is 23.9 Å². The maximum absolute atomic E-state index is 12.9. The van der Waals surface area contributed by atoms with Crippen molar-refractivity contribution in [2.45, 2.75) is 23.9 Å². The first-order chi connectivity index (χ1) is 14.3. The highest BCUT2D eigenvalue weighted by molar-refractivity contribution is 7.99. The number of hydrogen-bond acceptors (Lipinski definition) is 5. The van der Waals surface area contributed by atoms with Crippen LogP contribution in [0.15, 0.2) is 71.0 Å². The number of Topliss-reactive ketones (excluding diaryl/α,β-unsaturated/α-hetero) is 1. The molecule has 30 heavy (non-hydrogen) atoms. The molecule has 4 rings (SSSR count). The first-order valence-electron chi connectivity index (χ1n) is 9.16. The molecule has 3 aromatic heterocycles. The summed E-state index contributed by atoms with van der Waals surface area (Å²) >= 11 is 1.40.